The van der Waals surface area contributed by atoms with Crippen molar-refractivity contribution in [2.45, 2.75) is 13.1 Å². The van der Waals surface area contributed by atoms with E-state index in [1.165, 1.54) is 4.57 Å². The molecule has 0 atom stereocenters. The van der Waals surface area contributed by atoms with Crippen LogP contribution in [-0.4, -0.2) is 47.0 Å². The van der Waals surface area contributed by atoms with E-state index >= 15 is 0 Å². The summed E-state index contributed by atoms with van der Waals surface area (Å²) in [5, 5.41) is 8.89. The number of aliphatic hydroxyl groups is 1. The van der Waals surface area contributed by atoms with Crippen molar-refractivity contribution in [3.8, 4) is 0 Å². The molecule has 1 aromatic heterocycles. The highest BCUT2D eigenvalue weighted by atomic mass is 32.1. The van der Waals surface area contributed by atoms with E-state index in [-0.39, 0.29) is 37.8 Å². The summed E-state index contributed by atoms with van der Waals surface area (Å²) in [4.78, 5) is 35.8. The van der Waals surface area contributed by atoms with Gasteiger partial charge in [-0.3, -0.25) is 14.2 Å². The summed E-state index contributed by atoms with van der Waals surface area (Å²) >= 11 is 0.917. The van der Waals surface area contributed by atoms with Crippen molar-refractivity contribution in [1.82, 2.24) is 9.38 Å². The summed E-state index contributed by atoms with van der Waals surface area (Å²) in [6.07, 6.45) is 0.735. The van der Waals surface area contributed by atoms with Gasteiger partial charge >= 0.3 is 4.87 Å². The Kier molecular flexibility index (Phi) is 3.56. The molecule has 0 saturated heterocycles. The van der Waals surface area contributed by atoms with Crippen molar-refractivity contribution in [3.63, 3.8) is 0 Å². The van der Waals surface area contributed by atoms with Crippen molar-refractivity contribution in [2.75, 3.05) is 13.2 Å². The fraction of sp³-hybridized carbons (Fsp3) is 0.444. The van der Waals surface area contributed by atoms with E-state index in [1.54, 1.807) is 4.81 Å². The van der Waals surface area contributed by atoms with Gasteiger partial charge in [-0.25, -0.2) is 0 Å². The third-order valence-electron chi connectivity index (χ3n) is 2.65. The molecule has 2 rings (SSSR count). The monoisotopic (exact) mass is 254 g/mol. The number of aliphatic hydroxyl groups excluding tert-OH is 1. The molecule has 0 aliphatic carbocycles. The van der Waals surface area contributed by atoms with Gasteiger partial charge in [0.25, 0.3) is 7.41 Å². The molecule has 1 N–H and O–H groups in total. The second-order valence-corrected chi connectivity index (χ2v) is 4.74. The Morgan fingerprint density at radius 3 is 2.82 bits per heavy atom. The van der Waals surface area contributed by atoms with Gasteiger partial charge < -0.3 is 14.7 Å². The summed E-state index contributed by atoms with van der Waals surface area (Å²) in [5.41, 5.74) is 0.618. The molecule has 0 amide bonds. The van der Waals surface area contributed by atoms with Crippen molar-refractivity contribution in [1.29, 1.82) is 0 Å². The minimum Gasteiger partial charge on any atom is -0.395 e. The molecular weight excluding hydrogens is 243 g/mol. The summed E-state index contributed by atoms with van der Waals surface area (Å²) in [5.74, 6) is -0.133. The number of nitrogens with zero attached hydrogens (tertiary/aromatic N) is 2. The second-order valence-electron chi connectivity index (χ2n) is 3.78. The SMILES string of the molecule is O=CBN1CC(=O)c2sc(=O)n(CCO)c2C1. The van der Waals surface area contributed by atoms with Crippen molar-refractivity contribution >= 4 is 30.7 Å². The highest BCUT2D eigenvalue weighted by Crippen LogP contribution is 2.20. The molecule has 0 aromatic carbocycles. The zero-order valence-electron chi connectivity index (χ0n) is 9.09. The number of carbonyl (C=O) groups is 2. The molecule has 8 heteroatoms. The lowest BCUT2D eigenvalue weighted by atomic mass is 9.91. The van der Waals surface area contributed by atoms with Crippen molar-refractivity contribution < 1.29 is 14.7 Å². The quantitative estimate of drug-likeness (QED) is 0.519. The van der Waals surface area contributed by atoms with Crippen molar-refractivity contribution in [2.24, 2.45) is 0 Å². The Labute approximate surface area is 102 Å². The zero-order chi connectivity index (χ0) is 12.4. The van der Waals surface area contributed by atoms with Crippen LogP contribution in [-0.2, 0) is 17.9 Å². The van der Waals surface area contributed by atoms with Crippen LogP contribution in [0.2, 0.25) is 0 Å². The molecule has 90 valence electrons. The number of hydrogen-bond donors (Lipinski definition) is 1. The fourth-order valence-corrected chi connectivity index (χ4v) is 2.87. The molecule has 0 bridgehead atoms. The molecule has 1 aliphatic heterocycles. The van der Waals surface area contributed by atoms with Gasteiger partial charge in [-0.1, -0.05) is 11.3 Å². The van der Waals surface area contributed by atoms with E-state index in [4.69, 9.17) is 5.11 Å². The van der Waals surface area contributed by atoms with E-state index in [2.05, 4.69) is 0 Å². The maximum absolute atomic E-state index is 11.8. The highest BCUT2D eigenvalue weighted by molar-refractivity contribution is 7.11. The second kappa shape index (κ2) is 4.95. The molecule has 0 unspecified atom stereocenters. The van der Waals surface area contributed by atoms with Crippen LogP contribution < -0.4 is 4.87 Å². The lowest BCUT2D eigenvalue weighted by Gasteiger charge is -2.24. The van der Waals surface area contributed by atoms with Gasteiger partial charge in [0.2, 0.25) is 0 Å². The average molecular weight is 254 g/mol. The number of fused-ring (bicyclic) bond motifs is 1. The van der Waals surface area contributed by atoms with Gasteiger partial charge in [0.05, 0.1) is 29.9 Å². The lowest BCUT2D eigenvalue weighted by Crippen LogP contribution is -2.39. The maximum Gasteiger partial charge on any atom is 0.308 e. The first kappa shape index (κ1) is 12.2. The van der Waals surface area contributed by atoms with Crippen LogP contribution in [0, 0.1) is 0 Å². The van der Waals surface area contributed by atoms with Crippen LogP contribution in [0.4, 0.5) is 0 Å². The smallest absolute Gasteiger partial charge is 0.308 e. The summed E-state index contributed by atoms with van der Waals surface area (Å²) in [6, 6.07) is 0. The number of ketones is 1. The minimum absolute atomic E-state index is 0.133. The van der Waals surface area contributed by atoms with E-state index in [9.17, 15) is 14.4 Å². The first-order valence-corrected chi connectivity index (χ1v) is 6.01. The topological polar surface area (TPSA) is 79.6 Å². The van der Waals surface area contributed by atoms with Gasteiger partial charge in [0.15, 0.2) is 5.78 Å². The fourth-order valence-electron chi connectivity index (χ4n) is 1.91. The average Bonchev–Trinajstić information content (AvgIpc) is 2.59. The highest BCUT2D eigenvalue weighted by Gasteiger charge is 2.28. The van der Waals surface area contributed by atoms with Gasteiger partial charge in [0.1, 0.15) is 0 Å². The summed E-state index contributed by atoms with van der Waals surface area (Å²) < 4.78 is 1.41. The summed E-state index contributed by atoms with van der Waals surface area (Å²) in [7, 11) is 0.175. The number of rotatable bonds is 4. The van der Waals surface area contributed by atoms with Crippen LogP contribution in [0.15, 0.2) is 4.79 Å². The standard InChI is InChI=1S/C9H11BN2O4S/c13-2-1-12-6-3-11(10-5-14)4-7(15)8(6)17-9(12)16/h5,10,13H,1-4H2. The third kappa shape index (κ3) is 2.24. The molecular formula is C9H11BN2O4S. The zero-order valence-corrected chi connectivity index (χ0v) is 9.90. The van der Waals surface area contributed by atoms with E-state index < -0.39 is 0 Å². The predicted octanol–water partition coefficient (Wildman–Crippen LogP) is -1.56. The minimum atomic E-state index is -0.231. The molecule has 1 aromatic rings. The molecule has 0 radical (unpaired) electrons. The number of hydrogen-bond acceptors (Lipinski definition) is 6. The van der Waals surface area contributed by atoms with Crippen LogP contribution >= 0.6 is 11.3 Å². The maximum atomic E-state index is 11.8. The van der Waals surface area contributed by atoms with Crippen LogP contribution in [0.3, 0.4) is 0 Å². The Morgan fingerprint density at radius 1 is 1.41 bits per heavy atom. The summed E-state index contributed by atoms with van der Waals surface area (Å²) in [6.45, 7) is 0.612. The van der Waals surface area contributed by atoms with Crippen LogP contribution in [0.25, 0.3) is 0 Å². The lowest BCUT2D eigenvalue weighted by molar-refractivity contribution is 0.0952. The predicted molar refractivity (Wildman–Crippen MR) is 64.3 cm³/mol. The van der Waals surface area contributed by atoms with Gasteiger partial charge in [-0.2, -0.15) is 0 Å². The molecule has 2 heterocycles. The molecule has 1 aliphatic rings. The molecule has 6 nitrogen and oxygen atoms in total. The van der Waals surface area contributed by atoms with Gasteiger partial charge in [0, 0.05) is 13.1 Å². The third-order valence-corrected chi connectivity index (χ3v) is 3.71. The van der Waals surface area contributed by atoms with Crippen molar-refractivity contribution in [3.05, 3.63) is 20.2 Å². The first-order valence-electron chi connectivity index (χ1n) is 5.20. The molecule has 0 saturated carbocycles. The number of aromatic nitrogens is 1. The normalized spacial score (nSPS) is 15.7. The Hall–Kier alpha value is -1.25. The molecule has 17 heavy (non-hydrogen) atoms. The Balaban J connectivity index is 2.39. The van der Waals surface area contributed by atoms with E-state index in [0.29, 0.717) is 17.1 Å². The van der Waals surface area contributed by atoms with E-state index in [1.807, 2.05) is 0 Å². The molecule has 0 fully saturated rings. The largest absolute Gasteiger partial charge is 0.395 e. The molecule has 0 spiro atoms. The Morgan fingerprint density at radius 2 is 2.18 bits per heavy atom. The van der Waals surface area contributed by atoms with E-state index in [0.717, 1.165) is 17.5 Å². The number of thiazole rings is 1. The van der Waals surface area contributed by atoms with Gasteiger partial charge in [-0.15, -0.1) is 0 Å². The first-order chi connectivity index (χ1) is 8.17. The Bertz CT molecular complexity index is 510. The number of carbonyl (C=O) groups excluding carboxylic acids is 2. The number of Topliss-reactive ketones (excluding diaryl/α,β-unsaturated/α-hetero) is 1. The van der Waals surface area contributed by atoms with Crippen LogP contribution in [0.1, 0.15) is 15.4 Å². The van der Waals surface area contributed by atoms with Gasteiger partial charge in [-0.05, 0) is 0 Å². The van der Waals surface area contributed by atoms with Crippen LogP contribution in [0.5, 0.6) is 0 Å².